The van der Waals surface area contributed by atoms with E-state index in [1.54, 1.807) is 6.20 Å². The molecule has 0 saturated carbocycles. The molecule has 4 nitrogen and oxygen atoms in total. The molecule has 1 aliphatic heterocycles. The standard InChI is InChI=1S/C20H16F2N4/c1-11-15(21)7-6-14(19(11)22)20-18(17-3-2-8-26(17)25-20)12-4-5-13-10-23-24-16(13)9-12/h4-7,9-10H,2-3,8H2,1H3,(H,23,24). The van der Waals surface area contributed by atoms with Crippen molar-refractivity contribution in [2.75, 3.05) is 0 Å². The summed E-state index contributed by atoms with van der Waals surface area (Å²) in [6.45, 7) is 2.27. The zero-order chi connectivity index (χ0) is 17.8. The van der Waals surface area contributed by atoms with Crippen molar-refractivity contribution in [1.29, 1.82) is 0 Å². The second-order valence-corrected chi connectivity index (χ2v) is 6.70. The minimum absolute atomic E-state index is 0.0191. The number of aromatic nitrogens is 4. The zero-order valence-corrected chi connectivity index (χ0v) is 14.2. The van der Waals surface area contributed by atoms with Gasteiger partial charge in [0.15, 0.2) is 0 Å². The number of nitrogens with zero attached hydrogens (tertiary/aromatic N) is 3. The number of hydrogen-bond acceptors (Lipinski definition) is 2. The lowest BCUT2D eigenvalue weighted by atomic mass is 9.96. The van der Waals surface area contributed by atoms with E-state index in [4.69, 9.17) is 0 Å². The summed E-state index contributed by atoms with van der Waals surface area (Å²) < 4.78 is 30.5. The Labute approximate surface area is 148 Å². The largest absolute Gasteiger partial charge is 0.278 e. The van der Waals surface area contributed by atoms with Crippen LogP contribution in [0.15, 0.2) is 36.5 Å². The molecule has 0 saturated heterocycles. The van der Waals surface area contributed by atoms with Crippen molar-refractivity contribution in [2.45, 2.75) is 26.3 Å². The molecule has 1 N–H and O–H groups in total. The lowest BCUT2D eigenvalue weighted by Gasteiger charge is -2.09. The van der Waals surface area contributed by atoms with Crippen molar-refractivity contribution in [1.82, 2.24) is 20.0 Å². The Morgan fingerprint density at radius 1 is 1.15 bits per heavy atom. The number of fused-ring (bicyclic) bond motifs is 2. The maximum Gasteiger partial charge on any atom is 0.138 e. The molecule has 0 spiro atoms. The van der Waals surface area contributed by atoms with Crippen molar-refractivity contribution in [2.24, 2.45) is 0 Å². The van der Waals surface area contributed by atoms with Gasteiger partial charge in [-0.25, -0.2) is 8.78 Å². The fraction of sp³-hybridized carbons (Fsp3) is 0.200. The number of aryl methyl sites for hydroxylation is 1. The van der Waals surface area contributed by atoms with Gasteiger partial charge in [-0.3, -0.25) is 9.78 Å². The molecule has 26 heavy (non-hydrogen) atoms. The Morgan fingerprint density at radius 2 is 2.04 bits per heavy atom. The number of H-pyrrole nitrogens is 1. The van der Waals surface area contributed by atoms with Crippen molar-refractivity contribution >= 4 is 10.9 Å². The minimum atomic E-state index is -0.550. The van der Waals surface area contributed by atoms with Crippen molar-refractivity contribution in [3.05, 3.63) is 59.4 Å². The molecule has 4 aromatic rings. The van der Waals surface area contributed by atoms with Crippen LogP contribution >= 0.6 is 0 Å². The summed E-state index contributed by atoms with van der Waals surface area (Å²) in [6, 6.07) is 8.79. The summed E-state index contributed by atoms with van der Waals surface area (Å²) in [6.07, 6.45) is 3.68. The molecule has 130 valence electrons. The third-order valence-electron chi connectivity index (χ3n) is 5.15. The fourth-order valence-electron chi connectivity index (χ4n) is 3.76. The average Bonchev–Trinajstić information content (AvgIpc) is 3.34. The maximum absolute atomic E-state index is 14.8. The Bertz CT molecular complexity index is 1160. The number of aromatic amines is 1. The zero-order valence-electron chi connectivity index (χ0n) is 14.2. The maximum atomic E-state index is 14.8. The Balaban J connectivity index is 1.79. The van der Waals surface area contributed by atoms with Gasteiger partial charge in [0.25, 0.3) is 0 Å². The van der Waals surface area contributed by atoms with Gasteiger partial charge in [-0.1, -0.05) is 12.1 Å². The first kappa shape index (κ1) is 15.3. The quantitative estimate of drug-likeness (QED) is 0.573. The van der Waals surface area contributed by atoms with E-state index in [0.29, 0.717) is 11.3 Å². The normalized spacial score (nSPS) is 13.5. The number of hydrogen-bond donors (Lipinski definition) is 1. The van der Waals surface area contributed by atoms with E-state index in [0.717, 1.165) is 47.1 Å². The lowest BCUT2D eigenvalue weighted by molar-refractivity contribution is 0.569. The van der Waals surface area contributed by atoms with Crippen LogP contribution in [0, 0.1) is 18.6 Å². The van der Waals surface area contributed by atoms with Crippen LogP contribution in [-0.2, 0) is 13.0 Å². The van der Waals surface area contributed by atoms with Crippen molar-refractivity contribution in [3.8, 4) is 22.4 Å². The molecule has 0 bridgehead atoms. The molecule has 0 unspecified atom stereocenters. The van der Waals surface area contributed by atoms with Crippen LogP contribution in [-0.4, -0.2) is 20.0 Å². The van der Waals surface area contributed by atoms with Crippen LogP contribution in [0.4, 0.5) is 8.78 Å². The van der Waals surface area contributed by atoms with Gasteiger partial charge < -0.3 is 0 Å². The van der Waals surface area contributed by atoms with Crippen molar-refractivity contribution in [3.63, 3.8) is 0 Å². The highest BCUT2D eigenvalue weighted by Gasteiger charge is 2.26. The van der Waals surface area contributed by atoms with Gasteiger partial charge in [0.2, 0.25) is 0 Å². The second kappa shape index (κ2) is 5.49. The first-order chi connectivity index (χ1) is 12.6. The predicted octanol–water partition coefficient (Wildman–Crippen LogP) is 4.63. The minimum Gasteiger partial charge on any atom is -0.278 e. The smallest absolute Gasteiger partial charge is 0.138 e. The summed E-state index contributed by atoms with van der Waals surface area (Å²) in [4.78, 5) is 0. The molecular weight excluding hydrogens is 334 g/mol. The molecule has 2 aromatic carbocycles. The van der Waals surface area contributed by atoms with Gasteiger partial charge in [-0.05, 0) is 43.5 Å². The third-order valence-corrected chi connectivity index (χ3v) is 5.15. The molecule has 0 radical (unpaired) electrons. The van der Waals surface area contributed by atoms with Crippen LogP contribution in [0.3, 0.4) is 0 Å². The lowest BCUT2D eigenvalue weighted by Crippen LogP contribution is -1.97. The molecule has 0 atom stereocenters. The highest BCUT2D eigenvalue weighted by molar-refractivity contribution is 5.89. The van der Waals surface area contributed by atoms with E-state index in [1.807, 2.05) is 22.9 Å². The molecular formula is C20H16F2N4. The molecule has 0 fully saturated rings. The predicted molar refractivity (Wildman–Crippen MR) is 95.7 cm³/mol. The average molecular weight is 350 g/mol. The molecule has 0 aliphatic carbocycles. The third kappa shape index (κ3) is 2.11. The van der Waals surface area contributed by atoms with Gasteiger partial charge in [-0.15, -0.1) is 0 Å². The van der Waals surface area contributed by atoms with Crippen molar-refractivity contribution < 1.29 is 8.78 Å². The Morgan fingerprint density at radius 3 is 2.92 bits per heavy atom. The van der Waals surface area contributed by atoms with Crippen LogP contribution in [0.25, 0.3) is 33.3 Å². The SMILES string of the molecule is Cc1c(F)ccc(-c2nn3c(c2-c2ccc4cn[nH]c4c2)CCC3)c1F. The summed E-state index contributed by atoms with van der Waals surface area (Å²) in [5.41, 5.74) is 4.82. The van der Waals surface area contributed by atoms with Gasteiger partial charge in [-0.2, -0.15) is 10.2 Å². The van der Waals surface area contributed by atoms with Crippen LogP contribution < -0.4 is 0 Å². The van der Waals surface area contributed by atoms with E-state index in [9.17, 15) is 8.78 Å². The monoisotopic (exact) mass is 350 g/mol. The first-order valence-corrected chi connectivity index (χ1v) is 8.61. The summed E-state index contributed by atoms with van der Waals surface area (Å²) in [7, 11) is 0. The number of benzene rings is 2. The van der Waals surface area contributed by atoms with Crippen LogP contribution in [0.1, 0.15) is 17.7 Å². The number of nitrogens with one attached hydrogen (secondary N) is 1. The van der Waals surface area contributed by atoms with E-state index in [1.165, 1.54) is 19.1 Å². The Hall–Kier alpha value is -3.02. The molecule has 5 rings (SSSR count). The van der Waals surface area contributed by atoms with E-state index in [2.05, 4.69) is 15.3 Å². The summed E-state index contributed by atoms with van der Waals surface area (Å²) in [5, 5.41) is 12.7. The van der Waals surface area contributed by atoms with Crippen LogP contribution in [0.2, 0.25) is 0 Å². The first-order valence-electron chi connectivity index (χ1n) is 8.61. The van der Waals surface area contributed by atoms with E-state index in [-0.39, 0.29) is 5.56 Å². The molecule has 3 heterocycles. The van der Waals surface area contributed by atoms with E-state index >= 15 is 0 Å². The summed E-state index contributed by atoms with van der Waals surface area (Å²) in [5.74, 6) is -1.09. The number of rotatable bonds is 2. The highest BCUT2D eigenvalue weighted by Crippen LogP contribution is 2.39. The Kier molecular flexibility index (Phi) is 3.22. The second-order valence-electron chi connectivity index (χ2n) is 6.70. The van der Waals surface area contributed by atoms with Gasteiger partial charge in [0.05, 0.1) is 11.7 Å². The van der Waals surface area contributed by atoms with Gasteiger partial charge in [0, 0.05) is 34.3 Å². The fourth-order valence-corrected chi connectivity index (χ4v) is 3.76. The van der Waals surface area contributed by atoms with Gasteiger partial charge >= 0.3 is 0 Å². The number of halogens is 2. The molecule has 2 aromatic heterocycles. The highest BCUT2D eigenvalue weighted by atomic mass is 19.1. The van der Waals surface area contributed by atoms with Crippen LogP contribution in [0.5, 0.6) is 0 Å². The topological polar surface area (TPSA) is 46.5 Å². The molecule has 1 aliphatic rings. The summed E-state index contributed by atoms with van der Waals surface area (Å²) >= 11 is 0. The van der Waals surface area contributed by atoms with E-state index < -0.39 is 11.6 Å². The molecule has 6 heteroatoms. The molecule has 0 amide bonds. The van der Waals surface area contributed by atoms with Gasteiger partial charge in [0.1, 0.15) is 17.3 Å².